The highest BCUT2D eigenvalue weighted by Crippen LogP contribution is 2.26. The molecule has 0 radical (unpaired) electrons. The number of carbonyl (C=O) groups excluding carboxylic acids is 1. The van der Waals surface area contributed by atoms with E-state index in [1.165, 1.54) is 0 Å². The van der Waals surface area contributed by atoms with Crippen LogP contribution in [0.25, 0.3) is 0 Å². The molecule has 0 atom stereocenters. The molecule has 4 nitrogen and oxygen atoms in total. The van der Waals surface area contributed by atoms with Crippen LogP contribution < -0.4 is 10.1 Å². The maximum Gasteiger partial charge on any atom is 0.251 e. The lowest BCUT2D eigenvalue weighted by atomic mass is 9.82. The van der Waals surface area contributed by atoms with Gasteiger partial charge in [0.05, 0.1) is 12.7 Å². The summed E-state index contributed by atoms with van der Waals surface area (Å²) >= 11 is 0. The van der Waals surface area contributed by atoms with Crippen molar-refractivity contribution in [2.75, 3.05) is 13.2 Å². The van der Waals surface area contributed by atoms with Crippen molar-refractivity contribution in [1.82, 2.24) is 5.32 Å². The topological polar surface area (TPSA) is 58.6 Å². The molecule has 0 unspecified atom stereocenters. The first kappa shape index (κ1) is 14.9. The Labute approximate surface area is 120 Å². The molecule has 0 aliphatic heterocycles. The van der Waals surface area contributed by atoms with Crippen LogP contribution in [-0.2, 0) is 0 Å². The lowest BCUT2D eigenvalue weighted by Gasteiger charge is -2.31. The van der Waals surface area contributed by atoms with E-state index < -0.39 is 0 Å². The third-order valence-corrected chi connectivity index (χ3v) is 3.46. The zero-order valence-electron chi connectivity index (χ0n) is 12.1. The Morgan fingerprint density at radius 1 is 1.35 bits per heavy atom. The third kappa shape index (κ3) is 4.23. The lowest BCUT2D eigenvalue weighted by Crippen LogP contribution is -2.38. The van der Waals surface area contributed by atoms with Crippen LogP contribution in [0.5, 0.6) is 5.75 Å². The normalized spacial score (nSPS) is 21.4. The fraction of sp³-hybridized carbons (Fsp3) is 0.562. The van der Waals surface area contributed by atoms with Crippen molar-refractivity contribution in [3.8, 4) is 5.75 Å². The largest absolute Gasteiger partial charge is 0.493 e. The van der Waals surface area contributed by atoms with E-state index in [1.54, 1.807) is 12.1 Å². The molecule has 1 fully saturated rings. The fourth-order valence-corrected chi connectivity index (χ4v) is 2.17. The van der Waals surface area contributed by atoms with Gasteiger partial charge in [-0.1, -0.05) is 13.8 Å². The zero-order chi connectivity index (χ0) is 14.5. The number of nitrogens with one attached hydrogen (secondary N) is 1. The number of hydrogen-bond acceptors (Lipinski definition) is 3. The van der Waals surface area contributed by atoms with E-state index in [4.69, 9.17) is 4.74 Å². The highest BCUT2D eigenvalue weighted by atomic mass is 16.5. The van der Waals surface area contributed by atoms with Crippen LogP contribution in [0.3, 0.4) is 0 Å². The molecular formula is C16H23NO3. The Morgan fingerprint density at radius 3 is 2.55 bits per heavy atom. The second kappa shape index (κ2) is 6.75. The summed E-state index contributed by atoms with van der Waals surface area (Å²) < 4.78 is 5.58. The van der Waals surface area contributed by atoms with Gasteiger partial charge < -0.3 is 15.2 Å². The Bertz CT molecular complexity index is 436. The first-order valence-electron chi connectivity index (χ1n) is 7.23. The van der Waals surface area contributed by atoms with Gasteiger partial charge in [-0.25, -0.2) is 0 Å². The minimum absolute atomic E-state index is 0.0678. The van der Waals surface area contributed by atoms with Gasteiger partial charge in [0.15, 0.2) is 0 Å². The lowest BCUT2D eigenvalue weighted by molar-refractivity contribution is 0.0420. The van der Waals surface area contributed by atoms with Gasteiger partial charge in [0.2, 0.25) is 0 Å². The number of hydrogen-bond donors (Lipinski definition) is 2. The number of rotatable bonds is 6. The van der Waals surface area contributed by atoms with Crippen molar-refractivity contribution in [1.29, 1.82) is 0 Å². The summed E-state index contributed by atoms with van der Waals surface area (Å²) in [5.41, 5.74) is 0.641. The zero-order valence-corrected chi connectivity index (χ0v) is 12.1. The molecule has 0 heterocycles. The quantitative estimate of drug-likeness (QED) is 0.838. The molecule has 0 saturated heterocycles. The summed E-state index contributed by atoms with van der Waals surface area (Å²) in [5.74, 6) is 1.62. The van der Waals surface area contributed by atoms with Gasteiger partial charge in [0.1, 0.15) is 5.75 Å². The van der Waals surface area contributed by atoms with Gasteiger partial charge in [-0.05, 0) is 48.9 Å². The van der Waals surface area contributed by atoms with Crippen molar-refractivity contribution in [2.45, 2.75) is 32.8 Å². The number of aliphatic hydroxyl groups is 1. The number of ether oxygens (including phenoxy) is 1. The van der Waals surface area contributed by atoms with Gasteiger partial charge >= 0.3 is 0 Å². The monoisotopic (exact) mass is 277 g/mol. The van der Waals surface area contributed by atoms with Crippen LogP contribution in [0.15, 0.2) is 24.3 Å². The van der Waals surface area contributed by atoms with Gasteiger partial charge in [-0.2, -0.15) is 0 Å². The maximum atomic E-state index is 11.9. The standard InChI is InChI=1S/C16H23NO3/c1-11(2)10-20-15-5-3-13(4-6-15)16(19)17-9-12-7-14(18)8-12/h3-6,11-12,14,18H,7-10H2,1-2H3,(H,17,19). The Hall–Kier alpha value is -1.55. The number of amides is 1. The smallest absolute Gasteiger partial charge is 0.251 e. The first-order valence-corrected chi connectivity index (χ1v) is 7.23. The molecule has 0 bridgehead atoms. The molecule has 1 aliphatic rings. The van der Waals surface area contributed by atoms with E-state index in [0.717, 1.165) is 18.6 Å². The van der Waals surface area contributed by atoms with Crippen molar-refractivity contribution in [3.05, 3.63) is 29.8 Å². The number of benzene rings is 1. The number of carbonyl (C=O) groups is 1. The second-order valence-corrected chi connectivity index (χ2v) is 5.93. The van der Waals surface area contributed by atoms with Crippen molar-refractivity contribution >= 4 is 5.91 Å². The predicted octanol–water partition coefficient (Wildman–Crippen LogP) is 2.22. The molecule has 4 heteroatoms. The minimum Gasteiger partial charge on any atom is -0.493 e. The van der Waals surface area contributed by atoms with Crippen LogP contribution in [0, 0.1) is 11.8 Å². The molecule has 1 aromatic rings. The third-order valence-electron chi connectivity index (χ3n) is 3.46. The van der Waals surface area contributed by atoms with Crippen molar-refractivity contribution < 1.29 is 14.6 Å². The van der Waals surface area contributed by atoms with Gasteiger partial charge in [0, 0.05) is 12.1 Å². The molecule has 1 aromatic carbocycles. The van der Waals surface area contributed by atoms with Crippen LogP contribution in [0.1, 0.15) is 37.0 Å². The summed E-state index contributed by atoms with van der Waals surface area (Å²) in [5, 5.41) is 12.1. The van der Waals surface area contributed by atoms with Crippen molar-refractivity contribution in [3.63, 3.8) is 0 Å². The Kier molecular flexibility index (Phi) is 5.01. The van der Waals surface area contributed by atoms with Gasteiger partial charge in [-0.15, -0.1) is 0 Å². The van der Waals surface area contributed by atoms with Crippen LogP contribution in [0.2, 0.25) is 0 Å². The van der Waals surface area contributed by atoms with E-state index in [1.807, 2.05) is 12.1 Å². The minimum atomic E-state index is -0.172. The molecular weight excluding hydrogens is 254 g/mol. The number of aliphatic hydroxyl groups excluding tert-OH is 1. The highest BCUT2D eigenvalue weighted by molar-refractivity contribution is 5.94. The molecule has 0 aromatic heterocycles. The van der Waals surface area contributed by atoms with E-state index >= 15 is 0 Å². The molecule has 20 heavy (non-hydrogen) atoms. The molecule has 1 saturated carbocycles. The summed E-state index contributed by atoms with van der Waals surface area (Å²) in [7, 11) is 0. The van der Waals surface area contributed by atoms with E-state index in [9.17, 15) is 9.90 Å². The van der Waals surface area contributed by atoms with Crippen LogP contribution in [0.4, 0.5) is 0 Å². The van der Waals surface area contributed by atoms with Gasteiger partial charge in [-0.3, -0.25) is 4.79 Å². The van der Waals surface area contributed by atoms with E-state index in [0.29, 0.717) is 30.6 Å². The predicted molar refractivity (Wildman–Crippen MR) is 77.8 cm³/mol. The van der Waals surface area contributed by atoms with Gasteiger partial charge in [0.25, 0.3) is 5.91 Å². The molecule has 1 aliphatic carbocycles. The van der Waals surface area contributed by atoms with Crippen molar-refractivity contribution in [2.24, 2.45) is 11.8 Å². The van der Waals surface area contributed by atoms with Crippen LogP contribution >= 0.6 is 0 Å². The molecule has 2 rings (SSSR count). The summed E-state index contributed by atoms with van der Waals surface area (Å²) in [6, 6.07) is 7.20. The average Bonchev–Trinajstić information content (AvgIpc) is 2.40. The first-order chi connectivity index (χ1) is 9.54. The second-order valence-electron chi connectivity index (χ2n) is 5.93. The molecule has 0 spiro atoms. The van der Waals surface area contributed by atoms with E-state index in [2.05, 4.69) is 19.2 Å². The van der Waals surface area contributed by atoms with E-state index in [-0.39, 0.29) is 12.0 Å². The SMILES string of the molecule is CC(C)COc1ccc(C(=O)NCC2CC(O)C2)cc1. The Morgan fingerprint density at radius 2 is 2.00 bits per heavy atom. The molecule has 110 valence electrons. The maximum absolute atomic E-state index is 11.9. The summed E-state index contributed by atoms with van der Waals surface area (Å²) in [6.07, 6.45) is 1.42. The Balaban J connectivity index is 1.78. The molecule has 1 amide bonds. The summed E-state index contributed by atoms with van der Waals surface area (Å²) in [4.78, 5) is 11.9. The highest BCUT2D eigenvalue weighted by Gasteiger charge is 2.27. The van der Waals surface area contributed by atoms with Crippen LogP contribution in [-0.4, -0.2) is 30.3 Å². The molecule has 2 N–H and O–H groups in total. The average molecular weight is 277 g/mol. The summed E-state index contributed by atoms with van der Waals surface area (Å²) in [6.45, 7) is 5.51. The fourth-order valence-electron chi connectivity index (χ4n) is 2.17.